The molecule has 0 aromatic carbocycles. The van der Waals surface area contributed by atoms with Crippen molar-refractivity contribution in [3.63, 3.8) is 0 Å². The van der Waals surface area contributed by atoms with Crippen molar-refractivity contribution in [3.05, 3.63) is 24.0 Å². The Morgan fingerprint density at radius 1 is 1.31 bits per heavy atom. The highest BCUT2D eigenvalue weighted by Gasteiger charge is 2.31. The lowest BCUT2D eigenvalue weighted by atomic mass is 10.1. The molecule has 0 aliphatic carbocycles. The van der Waals surface area contributed by atoms with Crippen LogP contribution in [0, 0.1) is 0 Å². The molecule has 2 heterocycles. The summed E-state index contributed by atoms with van der Waals surface area (Å²) in [5.41, 5.74) is 0.701. The molecular weight excluding hydrogens is 346 g/mol. The highest BCUT2D eigenvalue weighted by Crippen LogP contribution is 2.18. The van der Waals surface area contributed by atoms with Gasteiger partial charge in [-0.25, -0.2) is 4.68 Å². The van der Waals surface area contributed by atoms with Crippen molar-refractivity contribution < 1.29 is 33.6 Å². The quantitative estimate of drug-likeness (QED) is 0.458. The Morgan fingerprint density at radius 2 is 2.12 bits per heavy atom. The predicted octanol–water partition coefficient (Wildman–Crippen LogP) is -0.395. The molecule has 0 spiro atoms. The number of hydrogen-bond acceptors (Lipinski definition) is 9. The fourth-order valence-electron chi connectivity index (χ4n) is 2.29. The molecule has 0 saturated carbocycles. The molecule has 0 amide bonds. The summed E-state index contributed by atoms with van der Waals surface area (Å²) in [6.07, 6.45) is 3.50. The first-order chi connectivity index (χ1) is 12.5. The summed E-state index contributed by atoms with van der Waals surface area (Å²) >= 11 is 0. The largest absolute Gasteiger partial charge is 0.463 e. The monoisotopic (exact) mass is 369 g/mol. The summed E-state index contributed by atoms with van der Waals surface area (Å²) in [4.78, 5) is 22.2. The number of aliphatic hydroxyl groups excluding tert-OH is 1. The van der Waals surface area contributed by atoms with Crippen LogP contribution in [0.2, 0.25) is 0 Å². The molecule has 0 unspecified atom stereocenters. The van der Waals surface area contributed by atoms with Crippen molar-refractivity contribution in [3.8, 4) is 0 Å². The van der Waals surface area contributed by atoms with Crippen LogP contribution in [0.4, 0.5) is 0 Å². The second kappa shape index (κ2) is 10.00. The number of carbonyl (C=O) groups excluding carboxylic acids is 2. The summed E-state index contributed by atoms with van der Waals surface area (Å²) < 4.78 is 23.0. The molecule has 0 saturated heterocycles. The van der Waals surface area contributed by atoms with E-state index in [1.807, 2.05) is 0 Å². The number of hydrogen-bond donors (Lipinski definition) is 1. The smallest absolute Gasteiger partial charge is 0.303 e. The van der Waals surface area contributed by atoms with Crippen molar-refractivity contribution in [2.24, 2.45) is 0 Å². The predicted molar refractivity (Wildman–Crippen MR) is 86.8 cm³/mol. The Kier molecular flexibility index (Phi) is 7.70. The third kappa shape index (κ3) is 6.54. The van der Waals surface area contributed by atoms with Crippen LogP contribution in [-0.2, 0) is 41.5 Å². The minimum atomic E-state index is -0.664. The second-order valence-corrected chi connectivity index (χ2v) is 5.62. The van der Waals surface area contributed by atoms with E-state index in [1.165, 1.54) is 13.8 Å². The minimum Gasteiger partial charge on any atom is -0.463 e. The molecule has 1 aromatic rings. The molecule has 0 fully saturated rings. The zero-order valence-corrected chi connectivity index (χ0v) is 14.7. The van der Waals surface area contributed by atoms with Gasteiger partial charge >= 0.3 is 11.9 Å². The first kappa shape index (κ1) is 20.0. The normalized spacial score (nSPS) is 22.2. The van der Waals surface area contributed by atoms with E-state index >= 15 is 0 Å². The molecular formula is C16H23N3O7. The second-order valence-electron chi connectivity index (χ2n) is 5.62. The van der Waals surface area contributed by atoms with E-state index in [2.05, 4.69) is 10.3 Å². The highest BCUT2D eigenvalue weighted by atomic mass is 16.7. The van der Waals surface area contributed by atoms with E-state index in [4.69, 9.17) is 24.1 Å². The van der Waals surface area contributed by atoms with Gasteiger partial charge in [-0.15, -0.1) is 5.10 Å². The van der Waals surface area contributed by atoms with Gasteiger partial charge in [0, 0.05) is 33.1 Å². The zero-order valence-electron chi connectivity index (χ0n) is 14.7. The maximum Gasteiger partial charge on any atom is 0.303 e. The van der Waals surface area contributed by atoms with Crippen LogP contribution in [0.3, 0.4) is 0 Å². The van der Waals surface area contributed by atoms with Gasteiger partial charge in [-0.05, 0) is 12.2 Å². The van der Waals surface area contributed by atoms with Crippen LogP contribution in [-0.4, -0.2) is 70.4 Å². The summed E-state index contributed by atoms with van der Waals surface area (Å²) in [6.45, 7) is 3.30. The van der Waals surface area contributed by atoms with Crippen LogP contribution in [0.1, 0.15) is 19.5 Å². The molecule has 2 rings (SSSR count). The van der Waals surface area contributed by atoms with E-state index in [9.17, 15) is 9.59 Å². The Morgan fingerprint density at radius 3 is 2.81 bits per heavy atom. The fourth-order valence-corrected chi connectivity index (χ4v) is 2.29. The summed E-state index contributed by atoms with van der Waals surface area (Å²) in [5, 5.41) is 16.7. The molecule has 3 atom stereocenters. The van der Waals surface area contributed by atoms with Crippen molar-refractivity contribution in [2.45, 2.75) is 45.3 Å². The lowest BCUT2D eigenvalue weighted by Crippen LogP contribution is -2.42. The maximum absolute atomic E-state index is 11.2. The molecule has 10 heteroatoms. The Hall–Kier alpha value is -2.30. The first-order valence-corrected chi connectivity index (χ1v) is 8.23. The first-order valence-electron chi connectivity index (χ1n) is 8.23. The van der Waals surface area contributed by atoms with Gasteiger partial charge in [-0.2, -0.15) is 0 Å². The molecule has 144 valence electrons. The molecule has 1 aliphatic rings. The lowest BCUT2D eigenvalue weighted by molar-refractivity contribution is -0.197. The van der Waals surface area contributed by atoms with Crippen LogP contribution in [0.15, 0.2) is 18.3 Å². The number of ether oxygens (including phenoxy) is 4. The minimum absolute atomic E-state index is 0.0170. The van der Waals surface area contributed by atoms with Gasteiger partial charge in [0.1, 0.15) is 18.8 Å². The fraction of sp³-hybridized carbons (Fsp3) is 0.625. The van der Waals surface area contributed by atoms with Crippen molar-refractivity contribution in [2.75, 3.05) is 19.8 Å². The van der Waals surface area contributed by atoms with Crippen LogP contribution < -0.4 is 0 Å². The van der Waals surface area contributed by atoms with Gasteiger partial charge in [0.25, 0.3) is 0 Å². The number of esters is 2. The SMILES string of the molecule is CC(=O)OC[C@H]1O[C@H](OCCn2cc(CCO)nn2)C=C[C@@H]1OC(C)=O. The molecule has 0 bridgehead atoms. The van der Waals surface area contributed by atoms with E-state index in [-0.39, 0.29) is 13.2 Å². The third-order valence-electron chi connectivity index (χ3n) is 3.44. The maximum atomic E-state index is 11.2. The van der Waals surface area contributed by atoms with Crippen LogP contribution >= 0.6 is 0 Å². The summed E-state index contributed by atoms with van der Waals surface area (Å²) in [6, 6.07) is 0. The van der Waals surface area contributed by atoms with Gasteiger partial charge in [0.2, 0.25) is 0 Å². The lowest BCUT2D eigenvalue weighted by Gasteiger charge is -2.31. The topological polar surface area (TPSA) is 122 Å². The molecule has 1 N–H and O–H groups in total. The van der Waals surface area contributed by atoms with Gasteiger partial charge in [0.15, 0.2) is 6.29 Å². The number of aliphatic hydroxyl groups is 1. The van der Waals surface area contributed by atoms with E-state index in [1.54, 1.807) is 23.0 Å². The van der Waals surface area contributed by atoms with Crippen molar-refractivity contribution in [1.29, 1.82) is 0 Å². The molecule has 1 aliphatic heterocycles. The van der Waals surface area contributed by atoms with Crippen molar-refractivity contribution in [1.82, 2.24) is 15.0 Å². The number of rotatable bonds is 9. The summed E-state index contributed by atoms with van der Waals surface area (Å²) in [7, 11) is 0. The Labute approximate surface area is 150 Å². The number of nitrogens with zero attached hydrogens (tertiary/aromatic N) is 3. The van der Waals surface area contributed by atoms with Gasteiger partial charge in [-0.3, -0.25) is 9.59 Å². The molecule has 1 aromatic heterocycles. The summed E-state index contributed by atoms with van der Waals surface area (Å²) in [5.74, 6) is -0.910. The number of aromatic nitrogens is 3. The highest BCUT2D eigenvalue weighted by molar-refractivity contribution is 5.66. The molecule has 10 nitrogen and oxygen atoms in total. The van der Waals surface area contributed by atoms with Crippen LogP contribution in [0.25, 0.3) is 0 Å². The number of carbonyl (C=O) groups is 2. The van der Waals surface area contributed by atoms with E-state index in [0.29, 0.717) is 25.3 Å². The Bertz CT molecular complexity index is 631. The average molecular weight is 369 g/mol. The van der Waals surface area contributed by atoms with Gasteiger partial charge in [0.05, 0.1) is 18.8 Å². The average Bonchev–Trinajstić information content (AvgIpc) is 3.02. The van der Waals surface area contributed by atoms with E-state index in [0.717, 1.165) is 0 Å². The van der Waals surface area contributed by atoms with Gasteiger partial charge in [-0.1, -0.05) is 5.21 Å². The third-order valence-corrected chi connectivity index (χ3v) is 3.44. The van der Waals surface area contributed by atoms with Gasteiger partial charge < -0.3 is 24.1 Å². The molecule has 26 heavy (non-hydrogen) atoms. The molecule has 0 radical (unpaired) electrons. The Balaban J connectivity index is 1.84. The van der Waals surface area contributed by atoms with E-state index < -0.39 is 30.4 Å². The van der Waals surface area contributed by atoms with Crippen molar-refractivity contribution >= 4 is 11.9 Å². The van der Waals surface area contributed by atoms with Crippen LogP contribution in [0.5, 0.6) is 0 Å². The standard InChI is InChI=1S/C16H23N3O7/c1-11(21)24-10-15-14(25-12(2)22)3-4-16(26-15)23-8-6-19-9-13(5-7-20)17-18-19/h3-4,9,14-16,20H,5-8,10H2,1-2H3/t14-,15+,16-/m0/s1. The zero-order chi connectivity index (χ0) is 18.9.